The molecule has 0 aliphatic rings. The first-order valence-corrected chi connectivity index (χ1v) is 4.61. The van der Waals surface area contributed by atoms with Crippen LogP contribution in [0.3, 0.4) is 0 Å². The summed E-state index contributed by atoms with van der Waals surface area (Å²) in [5.41, 5.74) is 0.445. The quantitative estimate of drug-likeness (QED) is 0.804. The molecule has 0 amide bonds. The van der Waals surface area contributed by atoms with Crippen LogP contribution in [0.1, 0.15) is 16.7 Å². The third-order valence-electron chi connectivity index (χ3n) is 1.95. The van der Waals surface area contributed by atoms with E-state index in [1.807, 2.05) is 0 Å². The molecule has 5 heteroatoms. The highest BCUT2D eigenvalue weighted by molar-refractivity contribution is 6.17. The van der Waals surface area contributed by atoms with Gasteiger partial charge in [-0.1, -0.05) is 6.07 Å². The van der Waals surface area contributed by atoms with E-state index in [1.165, 1.54) is 6.07 Å². The minimum atomic E-state index is -1.04. The Bertz CT molecular complexity index is 440. The third kappa shape index (κ3) is 2.45. The van der Waals surface area contributed by atoms with Crippen molar-refractivity contribution in [3.8, 4) is 6.07 Å². The Morgan fingerprint density at radius 2 is 2.27 bits per heavy atom. The van der Waals surface area contributed by atoms with Crippen LogP contribution >= 0.6 is 11.6 Å². The number of benzene rings is 1. The Morgan fingerprint density at radius 1 is 1.60 bits per heavy atom. The van der Waals surface area contributed by atoms with Crippen molar-refractivity contribution in [1.82, 2.24) is 0 Å². The molecule has 1 N–H and O–H groups in total. The van der Waals surface area contributed by atoms with Gasteiger partial charge >= 0.3 is 5.97 Å². The minimum absolute atomic E-state index is 0.0801. The minimum Gasteiger partial charge on any atom is -0.481 e. The molecule has 0 atom stereocenters. The van der Waals surface area contributed by atoms with Gasteiger partial charge in [0.2, 0.25) is 0 Å². The van der Waals surface area contributed by atoms with Crippen LogP contribution in [0.15, 0.2) is 12.1 Å². The molecule has 0 saturated heterocycles. The van der Waals surface area contributed by atoms with Crippen LogP contribution in [0, 0.1) is 17.1 Å². The molecule has 0 bridgehead atoms. The number of aliphatic carboxylic acids is 1. The first-order valence-electron chi connectivity index (χ1n) is 4.08. The zero-order valence-corrected chi connectivity index (χ0v) is 8.38. The van der Waals surface area contributed by atoms with E-state index in [9.17, 15) is 9.18 Å². The fraction of sp³-hybridized carbons (Fsp3) is 0.200. The fourth-order valence-corrected chi connectivity index (χ4v) is 1.57. The van der Waals surface area contributed by atoms with Crippen LogP contribution in [0.25, 0.3) is 0 Å². The number of carbonyl (C=O) groups is 1. The maximum atomic E-state index is 13.1. The van der Waals surface area contributed by atoms with E-state index in [0.717, 1.165) is 6.07 Å². The Kier molecular flexibility index (Phi) is 3.64. The molecule has 0 aliphatic heterocycles. The number of carboxylic acid groups (broad SMARTS) is 1. The third-order valence-corrected chi connectivity index (χ3v) is 2.21. The summed E-state index contributed by atoms with van der Waals surface area (Å²) in [7, 11) is 0. The largest absolute Gasteiger partial charge is 0.481 e. The molecule has 0 unspecified atom stereocenters. The predicted molar refractivity (Wildman–Crippen MR) is 52.0 cm³/mol. The topological polar surface area (TPSA) is 61.1 Å². The molecule has 3 nitrogen and oxygen atoms in total. The number of hydrogen-bond acceptors (Lipinski definition) is 2. The molecule has 0 radical (unpaired) electrons. The molecule has 0 fully saturated rings. The summed E-state index contributed by atoms with van der Waals surface area (Å²) < 4.78 is 13.1. The maximum Gasteiger partial charge on any atom is 0.307 e. The lowest BCUT2D eigenvalue weighted by atomic mass is 10.0. The average Bonchev–Trinajstić information content (AvgIpc) is 2.19. The van der Waals surface area contributed by atoms with Crippen LogP contribution in [0.2, 0.25) is 0 Å². The second kappa shape index (κ2) is 4.76. The van der Waals surface area contributed by atoms with E-state index in [1.54, 1.807) is 6.07 Å². The van der Waals surface area contributed by atoms with Gasteiger partial charge in [-0.05, 0) is 17.2 Å². The summed E-state index contributed by atoms with van der Waals surface area (Å²) in [6.07, 6.45) is -0.267. The van der Waals surface area contributed by atoms with Gasteiger partial charge in [0.25, 0.3) is 0 Å². The van der Waals surface area contributed by atoms with E-state index < -0.39 is 11.8 Å². The smallest absolute Gasteiger partial charge is 0.307 e. The molecule has 0 heterocycles. The van der Waals surface area contributed by atoms with E-state index in [0.29, 0.717) is 5.56 Å². The van der Waals surface area contributed by atoms with E-state index in [-0.39, 0.29) is 23.4 Å². The lowest BCUT2D eigenvalue weighted by molar-refractivity contribution is -0.136. The zero-order valence-electron chi connectivity index (χ0n) is 7.63. The van der Waals surface area contributed by atoms with Gasteiger partial charge < -0.3 is 5.11 Å². The summed E-state index contributed by atoms with van der Waals surface area (Å²) in [6.45, 7) is 0. The molecule has 0 aromatic heterocycles. The van der Waals surface area contributed by atoms with Gasteiger partial charge in [-0.15, -0.1) is 11.6 Å². The van der Waals surface area contributed by atoms with Crippen molar-refractivity contribution in [3.63, 3.8) is 0 Å². The number of carboxylic acids is 1. The van der Waals surface area contributed by atoms with Crippen molar-refractivity contribution in [2.45, 2.75) is 12.3 Å². The van der Waals surface area contributed by atoms with Crippen LogP contribution in [-0.2, 0) is 17.1 Å². The number of nitriles is 1. The number of rotatable bonds is 3. The van der Waals surface area contributed by atoms with Crippen molar-refractivity contribution in [1.29, 1.82) is 5.26 Å². The Balaban J connectivity index is 3.30. The van der Waals surface area contributed by atoms with Crippen LogP contribution < -0.4 is 0 Å². The van der Waals surface area contributed by atoms with Gasteiger partial charge in [0.15, 0.2) is 0 Å². The maximum absolute atomic E-state index is 13.1. The van der Waals surface area contributed by atoms with E-state index in [4.69, 9.17) is 22.0 Å². The van der Waals surface area contributed by atoms with Gasteiger partial charge in [0.05, 0.1) is 12.0 Å². The summed E-state index contributed by atoms with van der Waals surface area (Å²) in [5, 5.41) is 17.3. The number of halogens is 2. The summed E-state index contributed by atoms with van der Waals surface area (Å²) >= 11 is 5.56. The van der Waals surface area contributed by atoms with Gasteiger partial charge in [0.1, 0.15) is 11.9 Å². The predicted octanol–water partition coefficient (Wildman–Crippen LogP) is 2.06. The first-order chi connectivity index (χ1) is 7.10. The van der Waals surface area contributed by atoms with Crippen molar-refractivity contribution in [2.75, 3.05) is 0 Å². The second-order valence-corrected chi connectivity index (χ2v) is 3.14. The number of alkyl halides is 1. The normalized spacial score (nSPS) is 9.67. The van der Waals surface area contributed by atoms with Crippen molar-refractivity contribution < 1.29 is 14.3 Å². The molecule has 1 rings (SSSR count). The molecular weight excluding hydrogens is 221 g/mol. The Morgan fingerprint density at radius 3 is 2.73 bits per heavy atom. The average molecular weight is 228 g/mol. The van der Waals surface area contributed by atoms with Gasteiger partial charge in [-0.2, -0.15) is 5.26 Å². The summed E-state index contributed by atoms with van der Waals surface area (Å²) in [6, 6.07) is 4.09. The van der Waals surface area contributed by atoms with Gasteiger partial charge in [-0.3, -0.25) is 4.79 Å². The van der Waals surface area contributed by atoms with Gasteiger partial charge in [0, 0.05) is 5.88 Å². The highest BCUT2D eigenvalue weighted by Crippen LogP contribution is 2.20. The SMILES string of the molecule is N#Cc1c(F)ccc(CC(=O)O)c1CCl. The van der Waals surface area contributed by atoms with Crippen molar-refractivity contribution in [3.05, 3.63) is 34.6 Å². The van der Waals surface area contributed by atoms with Crippen LogP contribution in [0.4, 0.5) is 4.39 Å². The monoisotopic (exact) mass is 227 g/mol. The Hall–Kier alpha value is -1.60. The standard InChI is InChI=1S/C10H7ClFNO2/c11-4-7-6(3-10(14)15)1-2-9(12)8(7)5-13/h1-2H,3-4H2,(H,14,15). The van der Waals surface area contributed by atoms with E-state index >= 15 is 0 Å². The van der Waals surface area contributed by atoms with Crippen LogP contribution in [0.5, 0.6) is 0 Å². The Labute approximate surface area is 90.7 Å². The molecule has 0 spiro atoms. The molecule has 0 aliphatic carbocycles. The van der Waals surface area contributed by atoms with Gasteiger partial charge in [-0.25, -0.2) is 4.39 Å². The molecular formula is C10H7ClFNO2. The lowest BCUT2D eigenvalue weighted by Gasteiger charge is -2.07. The summed E-state index contributed by atoms with van der Waals surface area (Å²) in [4.78, 5) is 10.5. The summed E-state index contributed by atoms with van der Waals surface area (Å²) in [5.74, 6) is -1.80. The van der Waals surface area contributed by atoms with E-state index in [2.05, 4.69) is 0 Å². The first kappa shape index (κ1) is 11.5. The number of hydrogen-bond donors (Lipinski definition) is 1. The molecule has 78 valence electrons. The molecule has 0 saturated carbocycles. The fourth-order valence-electron chi connectivity index (χ4n) is 1.26. The van der Waals surface area contributed by atoms with Crippen LogP contribution in [-0.4, -0.2) is 11.1 Å². The highest BCUT2D eigenvalue weighted by Gasteiger charge is 2.14. The lowest BCUT2D eigenvalue weighted by Crippen LogP contribution is -2.05. The number of nitrogens with zero attached hydrogens (tertiary/aromatic N) is 1. The second-order valence-electron chi connectivity index (χ2n) is 2.88. The molecule has 1 aromatic rings. The molecule has 1 aromatic carbocycles. The van der Waals surface area contributed by atoms with Crippen molar-refractivity contribution in [2.24, 2.45) is 0 Å². The zero-order chi connectivity index (χ0) is 11.4. The van der Waals surface area contributed by atoms with Crippen molar-refractivity contribution >= 4 is 17.6 Å². The molecule has 15 heavy (non-hydrogen) atoms. The highest BCUT2D eigenvalue weighted by atomic mass is 35.5.